The third kappa shape index (κ3) is 2.23. The van der Waals surface area contributed by atoms with Crippen LogP contribution >= 0.6 is 0 Å². The third-order valence-corrected chi connectivity index (χ3v) is 1.64. The Morgan fingerprint density at radius 3 is 2.91 bits per heavy atom. The van der Waals surface area contributed by atoms with Crippen LogP contribution in [0.1, 0.15) is 6.42 Å². The lowest BCUT2D eigenvalue weighted by atomic mass is 10.1. The van der Waals surface area contributed by atoms with Crippen LogP contribution in [-0.2, 0) is 4.74 Å². The van der Waals surface area contributed by atoms with E-state index >= 15 is 0 Å². The first kappa shape index (κ1) is 8.07. The van der Waals surface area contributed by atoms with Crippen LogP contribution in [0.5, 0.6) is 0 Å². The van der Waals surface area contributed by atoms with E-state index in [-0.39, 0.29) is 18.6 Å². The normalized spacial score (nSPS) is 28.8. The highest BCUT2D eigenvalue weighted by Crippen LogP contribution is 2.19. The monoisotopic (exact) mass is 157 g/mol. The molecule has 0 heterocycles. The molecule has 62 valence electrons. The SMILES string of the molecule is NC(=O)OC1C=CC(CO)C1. The minimum atomic E-state index is -0.766. The number of aliphatic hydroxyl groups excluding tert-OH is 1. The van der Waals surface area contributed by atoms with Crippen molar-refractivity contribution in [2.75, 3.05) is 6.61 Å². The number of rotatable bonds is 2. The van der Waals surface area contributed by atoms with Crippen LogP contribution in [0.2, 0.25) is 0 Å². The average Bonchev–Trinajstić information content (AvgIpc) is 2.34. The summed E-state index contributed by atoms with van der Waals surface area (Å²) in [5.74, 6) is 0.111. The van der Waals surface area contributed by atoms with Crippen LogP contribution in [0.3, 0.4) is 0 Å². The molecule has 0 saturated heterocycles. The fourth-order valence-electron chi connectivity index (χ4n) is 1.11. The van der Waals surface area contributed by atoms with Crippen LogP contribution in [-0.4, -0.2) is 23.9 Å². The largest absolute Gasteiger partial charge is 0.442 e. The number of hydrogen-bond acceptors (Lipinski definition) is 3. The molecule has 1 aliphatic rings. The highest BCUT2D eigenvalue weighted by molar-refractivity contribution is 5.65. The topological polar surface area (TPSA) is 72.6 Å². The van der Waals surface area contributed by atoms with Gasteiger partial charge in [0.15, 0.2) is 0 Å². The summed E-state index contributed by atoms with van der Waals surface area (Å²) >= 11 is 0. The van der Waals surface area contributed by atoms with Crippen molar-refractivity contribution in [3.8, 4) is 0 Å². The van der Waals surface area contributed by atoms with Crippen LogP contribution < -0.4 is 5.73 Å². The van der Waals surface area contributed by atoms with Crippen molar-refractivity contribution < 1.29 is 14.6 Å². The van der Waals surface area contributed by atoms with Crippen LogP contribution in [0.15, 0.2) is 12.2 Å². The number of ether oxygens (including phenoxy) is 1. The van der Waals surface area contributed by atoms with Crippen molar-refractivity contribution in [3.05, 3.63) is 12.2 Å². The molecule has 11 heavy (non-hydrogen) atoms. The summed E-state index contributed by atoms with van der Waals surface area (Å²) < 4.78 is 4.68. The molecule has 0 fully saturated rings. The maximum atomic E-state index is 10.3. The lowest BCUT2D eigenvalue weighted by Crippen LogP contribution is -2.20. The standard InChI is InChI=1S/C7H11NO3/c8-7(10)11-6-2-1-5(3-6)4-9/h1-2,5-6,9H,3-4H2,(H2,8,10). The molecule has 4 nitrogen and oxygen atoms in total. The first-order chi connectivity index (χ1) is 5.22. The first-order valence-electron chi connectivity index (χ1n) is 3.47. The van der Waals surface area contributed by atoms with E-state index in [1.165, 1.54) is 0 Å². The van der Waals surface area contributed by atoms with E-state index in [0.717, 1.165) is 0 Å². The predicted molar refractivity (Wildman–Crippen MR) is 38.8 cm³/mol. The van der Waals surface area contributed by atoms with Gasteiger partial charge >= 0.3 is 6.09 Å². The second-order valence-corrected chi connectivity index (χ2v) is 2.54. The molecular formula is C7H11NO3. The fourth-order valence-corrected chi connectivity index (χ4v) is 1.11. The quantitative estimate of drug-likeness (QED) is 0.555. The van der Waals surface area contributed by atoms with E-state index in [1.54, 1.807) is 6.08 Å². The fraction of sp³-hybridized carbons (Fsp3) is 0.571. The van der Waals surface area contributed by atoms with Gasteiger partial charge in [-0.3, -0.25) is 0 Å². The number of aliphatic hydroxyl groups is 1. The summed E-state index contributed by atoms with van der Waals surface area (Å²) in [7, 11) is 0. The summed E-state index contributed by atoms with van der Waals surface area (Å²) in [4.78, 5) is 10.3. The van der Waals surface area contributed by atoms with Crippen LogP contribution in [0.4, 0.5) is 4.79 Å². The minimum absolute atomic E-state index is 0.0924. The van der Waals surface area contributed by atoms with Gasteiger partial charge in [0.2, 0.25) is 0 Å². The molecule has 1 aliphatic carbocycles. The zero-order chi connectivity index (χ0) is 8.27. The summed E-state index contributed by atoms with van der Waals surface area (Å²) in [5.41, 5.74) is 4.80. The number of carbonyl (C=O) groups excluding carboxylic acids is 1. The van der Waals surface area contributed by atoms with Gasteiger partial charge in [-0.2, -0.15) is 0 Å². The Kier molecular flexibility index (Phi) is 2.48. The summed E-state index contributed by atoms with van der Waals surface area (Å²) in [6.07, 6.45) is 3.20. The minimum Gasteiger partial charge on any atom is -0.442 e. The average molecular weight is 157 g/mol. The number of primary amides is 1. The van der Waals surface area contributed by atoms with E-state index in [2.05, 4.69) is 4.74 Å². The highest BCUT2D eigenvalue weighted by atomic mass is 16.6. The molecule has 0 aromatic carbocycles. The van der Waals surface area contributed by atoms with Gasteiger partial charge < -0.3 is 15.6 Å². The molecule has 0 radical (unpaired) electrons. The first-order valence-corrected chi connectivity index (χ1v) is 3.47. The molecular weight excluding hydrogens is 146 g/mol. The molecule has 2 atom stereocenters. The van der Waals surface area contributed by atoms with Crippen LogP contribution in [0.25, 0.3) is 0 Å². The molecule has 0 saturated carbocycles. The van der Waals surface area contributed by atoms with Crippen molar-refractivity contribution in [3.63, 3.8) is 0 Å². The van der Waals surface area contributed by atoms with Crippen molar-refractivity contribution in [1.82, 2.24) is 0 Å². The van der Waals surface area contributed by atoms with E-state index < -0.39 is 6.09 Å². The number of hydrogen-bond donors (Lipinski definition) is 2. The molecule has 0 spiro atoms. The Morgan fingerprint density at radius 2 is 2.45 bits per heavy atom. The smallest absolute Gasteiger partial charge is 0.405 e. The lowest BCUT2D eigenvalue weighted by molar-refractivity contribution is 0.118. The summed E-state index contributed by atoms with van der Waals surface area (Å²) in [5, 5.41) is 8.69. The Bertz CT molecular complexity index is 179. The van der Waals surface area contributed by atoms with E-state index in [1.807, 2.05) is 6.08 Å². The van der Waals surface area contributed by atoms with Gasteiger partial charge in [-0.05, 0) is 12.5 Å². The van der Waals surface area contributed by atoms with Gasteiger partial charge in [0.25, 0.3) is 0 Å². The Hall–Kier alpha value is -1.03. The summed E-state index contributed by atoms with van der Waals surface area (Å²) in [6, 6.07) is 0. The molecule has 1 amide bonds. The highest BCUT2D eigenvalue weighted by Gasteiger charge is 2.20. The van der Waals surface area contributed by atoms with E-state index in [9.17, 15) is 4.79 Å². The van der Waals surface area contributed by atoms with Gasteiger partial charge in [-0.15, -0.1) is 0 Å². The van der Waals surface area contributed by atoms with Gasteiger partial charge in [0.1, 0.15) is 6.10 Å². The molecule has 2 unspecified atom stereocenters. The third-order valence-electron chi connectivity index (χ3n) is 1.64. The molecule has 4 heteroatoms. The van der Waals surface area contributed by atoms with Crippen molar-refractivity contribution in [2.24, 2.45) is 11.7 Å². The molecule has 0 aromatic heterocycles. The van der Waals surface area contributed by atoms with Gasteiger partial charge in [0.05, 0.1) is 0 Å². The van der Waals surface area contributed by atoms with Crippen molar-refractivity contribution in [1.29, 1.82) is 0 Å². The lowest BCUT2D eigenvalue weighted by Gasteiger charge is -2.08. The van der Waals surface area contributed by atoms with E-state index in [4.69, 9.17) is 10.8 Å². The van der Waals surface area contributed by atoms with E-state index in [0.29, 0.717) is 6.42 Å². The molecule has 0 aliphatic heterocycles. The van der Waals surface area contributed by atoms with Crippen molar-refractivity contribution in [2.45, 2.75) is 12.5 Å². The molecule has 0 bridgehead atoms. The Balaban J connectivity index is 2.32. The molecule has 3 N–H and O–H groups in total. The zero-order valence-corrected chi connectivity index (χ0v) is 6.06. The number of amides is 1. The maximum absolute atomic E-state index is 10.3. The Labute approximate surface area is 64.6 Å². The van der Waals surface area contributed by atoms with Crippen molar-refractivity contribution >= 4 is 6.09 Å². The number of carbonyl (C=O) groups is 1. The van der Waals surface area contributed by atoms with Gasteiger partial charge in [-0.1, -0.05) is 6.08 Å². The summed E-state index contributed by atoms with van der Waals surface area (Å²) in [6.45, 7) is 0.0924. The molecule has 0 aromatic rings. The zero-order valence-electron chi connectivity index (χ0n) is 6.06. The molecule has 1 rings (SSSR count). The second kappa shape index (κ2) is 3.39. The Morgan fingerprint density at radius 1 is 1.73 bits per heavy atom. The van der Waals surface area contributed by atoms with Crippen LogP contribution in [0, 0.1) is 5.92 Å². The van der Waals surface area contributed by atoms with Gasteiger partial charge in [0, 0.05) is 12.5 Å². The predicted octanol–water partition coefficient (Wildman–Crippen LogP) is 0.0187. The second-order valence-electron chi connectivity index (χ2n) is 2.54. The van der Waals surface area contributed by atoms with Gasteiger partial charge in [-0.25, -0.2) is 4.79 Å². The number of nitrogens with two attached hydrogens (primary N) is 1. The maximum Gasteiger partial charge on any atom is 0.405 e.